The van der Waals surface area contributed by atoms with Crippen LogP contribution in [-0.2, 0) is 35.3 Å². The van der Waals surface area contributed by atoms with E-state index in [1.165, 1.54) is 24.3 Å². The minimum atomic E-state index is -0.263. The van der Waals surface area contributed by atoms with Crippen LogP contribution in [0.5, 0.6) is 0 Å². The minimum Gasteiger partial charge on any atom is -0.346 e. The molecule has 0 spiro atoms. The van der Waals surface area contributed by atoms with E-state index in [0.29, 0.717) is 48.1 Å². The first-order valence-corrected chi connectivity index (χ1v) is 21.2. The van der Waals surface area contributed by atoms with Gasteiger partial charge in [-0.3, -0.25) is 19.0 Å². The normalized spacial score (nSPS) is 22.3. The minimum absolute atomic E-state index is 0.0409. The fourth-order valence-electron chi connectivity index (χ4n) is 8.40. The van der Waals surface area contributed by atoms with Crippen molar-refractivity contribution in [2.24, 2.45) is 0 Å². The lowest BCUT2D eigenvalue weighted by atomic mass is 10.1. The second-order valence-corrected chi connectivity index (χ2v) is 17.0. The van der Waals surface area contributed by atoms with Gasteiger partial charge in [-0.05, 0) is 99.9 Å². The highest BCUT2D eigenvalue weighted by Crippen LogP contribution is 2.52. The number of halogens is 2. The molecule has 6 heterocycles. The van der Waals surface area contributed by atoms with E-state index in [2.05, 4.69) is 43.2 Å². The van der Waals surface area contributed by atoms with Gasteiger partial charge in [0, 0.05) is 51.2 Å². The first-order valence-electron chi connectivity index (χ1n) is 21.2. The van der Waals surface area contributed by atoms with Crippen LogP contribution in [0.25, 0.3) is 0 Å². The Morgan fingerprint density at radius 3 is 1.37 bits per heavy atom. The largest absolute Gasteiger partial charge is 0.346 e. The zero-order valence-corrected chi connectivity index (χ0v) is 35.7. The van der Waals surface area contributed by atoms with Crippen LogP contribution < -0.4 is 20.4 Å². The lowest BCUT2D eigenvalue weighted by Gasteiger charge is -2.32. The van der Waals surface area contributed by atoms with E-state index in [1.807, 2.05) is 97.6 Å². The molecule has 14 nitrogen and oxygen atoms in total. The molecule has 320 valence electrons. The molecule has 0 unspecified atom stereocenters. The molecule has 16 heteroatoms. The molecule has 2 fully saturated rings. The Morgan fingerprint density at radius 2 is 0.984 bits per heavy atom. The quantitative estimate of drug-likeness (QED) is 0.150. The van der Waals surface area contributed by atoms with E-state index in [9.17, 15) is 18.4 Å². The summed E-state index contributed by atoms with van der Waals surface area (Å²) in [6.07, 6.45) is 13.0. The van der Waals surface area contributed by atoms with E-state index in [4.69, 9.17) is 9.97 Å². The highest BCUT2D eigenvalue weighted by molar-refractivity contribution is 6.03. The molecule has 4 aliphatic rings. The summed E-state index contributed by atoms with van der Waals surface area (Å²) in [4.78, 5) is 46.6. The highest BCUT2D eigenvalue weighted by Gasteiger charge is 2.41. The maximum atomic E-state index is 13.1. The first-order chi connectivity index (χ1) is 29.8. The molecule has 6 atom stereocenters. The summed E-state index contributed by atoms with van der Waals surface area (Å²) >= 11 is 0. The summed E-state index contributed by atoms with van der Waals surface area (Å²) in [6.45, 7) is 7.52. The van der Waals surface area contributed by atoms with Crippen molar-refractivity contribution in [2.75, 3.05) is 34.5 Å². The van der Waals surface area contributed by atoms with Gasteiger partial charge in [-0.2, -0.15) is 10.2 Å². The van der Waals surface area contributed by atoms with Gasteiger partial charge in [0.1, 0.15) is 46.7 Å². The van der Waals surface area contributed by atoms with Gasteiger partial charge in [0.25, 0.3) is 0 Å². The molecule has 4 aromatic heterocycles. The standard InChI is InChI=1S/2C23H25FN6O/c2*1-13-21-22(29(3)14(2)23(31)28-21)27-20(26-13)9-4-15-11-25-30(12-15)19-10-18(19)16-5-7-17(24)8-6-16/h2*5-8,11-12,14,18-19H,4,9-10H2,1-3H3,(H,28,31)/t14-,18+,19+;14-,18-,19-/m00/s1. The number of hydrogen-bond acceptors (Lipinski definition) is 10. The summed E-state index contributed by atoms with van der Waals surface area (Å²) in [6, 6.07) is 13.7. The molecule has 0 saturated heterocycles. The van der Waals surface area contributed by atoms with E-state index in [0.717, 1.165) is 82.6 Å². The van der Waals surface area contributed by atoms with Crippen molar-refractivity contribution in [3.63, 3.8) is 0 Å². The molecule has 2 aromatic carbocycles. The number of fused-ring (bicyclic) bond motifs is 2. The fraction of sp³-hybridized carbons (Fsp3) is 0.391. The zero-order chi connectivity index (χ0) is 43.4. The monoisotopic (exact) mass is 840 g/mol. The molecule has 10 rings (SSSR count). The van der Waals surface area contributed by atoms with Crippen molar-refractivity contribution in [3.05, 3.63) is 130 Å². The van der Waals surface area contributed by atoms with Crippen LogP contribution in [0.2, 0.25) is 0 Å². The van der Waals surface area contributed by atoms with Crippen LogP contribution in [-0.4, -0.2) is 77.5 Å². The summed E-state index contributed by atoms with van der Waals surface area (Å²) in [5.41, 5.74) is 7.55. The smallest absolute Gasteiger partial charge is 0.246 e. The molecule has 2 N–H and O–H groups in total. The van der Waals surface area contributed by atoms with Gasteiger partial charge in [-0.15, -0.1) is 0 Å². The van der Waals surface area contributed by atoms with Gasteiger partial charge >= 0.3 is 0 Å². The number of hydrogen-bond donors (Lipinski definition) is 2. The molecule has 6 aromatic rings. The van der Waals surface area contributed by atoms with Gasteiger partial charge in [0.2, 0.25) is 11.8 Å². The van der Waals surface area contributed by atoms with E-state index in [1.54, 1.807) is 0 Å². The first kappa shape index (κ1) is 40.8. The number of nitrogens with one attached hydrogen (secondary N) is 2. The number of amides is 2. The second kappa shape index (κ2) is 16.4. The number of aromatic nitrogens is 8. The second-order valence-electron chi connectivity index (χ2n) is 17.0. The molecule has 2 saturated carbocycles. The number of anilines is 4. The average Bonchev–Trinajstić information content (AvgIpc) is 4.14. The maximum absolute atomic E-state index is 13.1. The maximum Gasteiger partial charge on any atom is 0.246 e. The lowest BCUT2D eigenvalue weighted by molar-refractivity contribution is -0.118. The van der Waals surface area contributed by atoms with Crippen molar-refractivity contribution >= 4 is 34.8 Å². The average molecular weight is 841 g/mol. The summed E-state index contributed by atoms with van der Waals surface area (Å²) < 4.78 is 30.3. The Kier molecular flexibility index (Phi) is 10.8. The molecule has 2 aliphatic carbocycles. The van der Waals surface area contributed by atoms with Crippen molar-refractivity contribution in [1.29, 1.82) is 0 Å². The third-order valence-electron chi connectivity index (χ3n) is 12.7. The van der Waals surface area contributed by atoms with Gasteiger partial charge in [-0.25, -0.2) is 28.7 Å². The van der Waals surface area contributed by atoms with Crippen LogP contribution in [0.3, 0.4) is 0 Å². The van der Waals surface area contributed by atoms with E-state index < -0.39 is 0 Å². The summed E-state index contributed by atoms with van der Waals surface area (Å²) in [7, 11) is 3.77. The number of nitrogens with zero attached hydrogens (tertiary/aromatic N) is 10. The predicted molar refractivity (Wildman–Crippen MR) is 231 cm³/mol. The van der Waals surface area contributed by atoms with E-state index in [-0.39, 0.29) is 35.5 Å². The van der Waals surface area contributed by atoms with Crippen molar-refractivity contribution in [3.8, 4) is 0 Å². The van der Waals surface area contributed by atoms with E-state index >= 15 is 0 Å². The Morgan fingerprint density at radius 1 is 0.597 bits per heavy atom. The molecule has 0 radical (unpaired) electrons. The lowest BCUT2D eigenvalue weighted by Crippen LogP contribution is -2.45. The summed E-state index contributed by atoms with van der Waals surface area (Å²) in [5.74, 6) is 3.36. The number of likely N-dealkylation sites (N-methyl/N-ethyl adjacent to an activating group) is 2. The van der Waals surface area contributed by atoms with Gasteiger partial charge in [0.15, 0.2) is 11.6 Å². The van der Waals surface area contributed by atoms with Gasteiger partial charge in [0.05, 0.1) is 35.9 Å². The molecule has 62 heavy (non-hydrogen) atoms. The van der Waals surface area contributed by atoms with Crippen LogP contribution in [0.15, 0.2) is 73.3 Å². The zero-order valence-electron chi connectivity index (χ0n) is 35.7. The van der Waals surface area contributed by atoms with Gasteiger partial charge < -0.3 is 20.4 Å². The topological polar surface area (TPSA) is 152 Å². The van der Waals surface area contributed by atoms with Crippen molar-refractivity contribution in [1.82, 2.24) is 39.5 Å². The van der Waals surface area contributed by atoms with Crippen LogP contribution in [0.4, 0.5) is 31.8 Å². The fourth-order valence-corrected chi connectivity index (χ4v) is 8.40. The highest BCUT2D eigenvalue weighted by atomic mass is 19.1. The summed E-state index contributed by atoms with van der Waals surface area (Å²) in [5, 5.41) is 14.9. The number of benzene rings is 2. The number of aryl methyl sites for hydroxylation is 6. The van der Waals surface area contributed by atoms with Crippen molar-refractivity contribution in [2.45, 2.75) is 102 Å². The van der Waals surface area contributed by atoms with Crippen molar-refractivity contribution < 1.29 is 18.4 Å². The Hall–Kier alpha value is -6.58. The Bertz CT molecular complexity index is 2460. The third-order valence-corrected chi connectivity index (χ3v) is 12.7. The number of carbonyl (C=O) groups excluding carboxylic acids is 2. The number of carbonyl (C=O) groups is 2. The van der Waals surface area contributed by atoms with Crippen LogP contribution >= 0.6 is 0 Å². The SMILES string of the molecule is Cc1nc(CCc2cnn([C@@H]3C[C@@H]3c3ccc(F)cc3)c2)nc2c1NC(=O)[C@H](C)N2C.Cc1nc(CCc2cnn([C@H]3C[C@H]3c3ccc(F)cc3)c2)nc2c1NC(=O)[C@H](C)N2C. The van der Waals surface area contributed by atoms with Crippen LogP contribution in [0.1, 0.15) is 95.9 Å². The molecular formula is C46H50F2N12O2. The van der Waals surface area contributed by atoms with Crippen LogP contribution in [0, 0.1) is 25.5 Å². The molecule has 2 amide bonds. The molecule has 2 aliphatic heterocycles. The van der Waals surface area contributed by atoms with Gasteiger partial charge in [-0.1, -0.05) is 24.3 Å². The Labute approximate surface area is 358 Å². The molecule has 0 bridgehead atoms. The Balaban J connectivity index is 0.000000158. The molecular weight excluding hydrogens is 791 g/mol. The predicted octanol–water partition coefficient (Wildman–Crippen LogP) is 6.82. The number of rotatable bonds is 10. The third kappa shape index (κ3) is 8.25.